The van der Waals surface area contributed by atoms with Gasteiger partial charge < -0.3 is 15.1 Å². The molecule has 3 aromatic rings. The van der Waals surface area contributed by atoms with Crippen molar-refractivity contribution in [2.75, 3.05) is 48.7 Å². The Hall–Kier alpha value is -2.28. The summed E-state index contributed by atoms with van der Waals surface area (Å²) in [5, 5.41) is 4.82. The van der Waals surface area contributed by atoms with Crippen molar-refractivity contribution in [1.82, 2.24) is 9.88 Å². The molecule has 0 aliphatic carbocycles. The third-order valence-electron chi connectivity index (χ3n) is 5.35. The monoisotopic (exact) mass is 440 g/mol. The molecule has 1 amide bonds. The highest BCUT2D eigenvalue weighted by Crippen LogP contribution is 2.35. The van der Waals surface area contributed by atoms with E-state index in [1.807, 2.05) is 48.5 Å². The number of fused-ring (bicyclic) bond motifs is 1. The highest BCUT2D eigenvalue weighted by Gasteiger charge is 2.21. The van der Waals surface area contributed by atoms with Gasteiger partial charge in [0.1, 0.15) is 0 Å². The van der Waals surface area contributed by atoms with Crippen molar-refractivity contribution in [1.29, 1.82) is 0 Å². The number of para-hydroxylation sites is 2. The number of halogens is 1. The molecule has 2 aromatic carbocycles. The van der Waals surface area contributed by atoms with Gasteiger partial charge in [0.25, 0.3) is 0 Å². The van der Waals surface area contributed by atoms with E-state index in [1.54, 1.807) is 6.20 Å². The van der Waals surface area contributed by atoms with Gasteiger partial charge >= 0.3 is 0 Å². The first-order chi connectivity index (χ1) is 14.7. The van der Waals surface area contributed by atoms with Crippen molar-refractivity contribution in [3.8, 4) is 0 Å². The molecule has 1 fully saturated rings. The number of aromatic nitrogens is 1. The van der Waals surface area contributed by atoms with E-state index in [0.717, 1.165) is 59.9 Å². The average molecular weight is 441 g/mol. The number of hydrogen-bond donors (Lipinski definition) is 1. The Kier molecular flexibility index (Phi) is 6.77. The molecule has 7 heteroatoms. The fourth-order valence-corrected chi connectivity index (χ4v) is 4.88. The summed E-state index contributed by atoms with van der Waals surface area (Å²) in [6, 6.07) is 15.7. The summed E-state index contributed by atoms with van der Waals surface area (Å²) in [6.07, 6.45) is 1.78. The SMILES string of the molecule is CCN1CCN(c2c(Cl)cccc2NC(=O)CSc2cccc3cccnc23)CC1. The zero-order chi connectivity index (χ0) is 20.9. The minimum atomic E-state index is -0.0522. The highest BCUT2D eigenvalue weighted by atomic mass is 35.5. The van der Waals surface area contributed by atoms with Gasteiger partial charge in [-0.25, -0.2) is 0 Å². The zero-order valence-corrected chi connectivity index (χ0v) is 18.5. The van der Waals surface area contributed by atoms with Crippen LogP contribution < -0.4 is 10.2 Å². The van der Waals surface area contributed by atoms with Crippen LogP contribution in [0.25, 0.3) is 10.9 Å². The quantitative estimate of drug-likeness (QED) is 0.560. The van der Waals surface area contributed by atoms with Gasteiger partial charge in [0.2, 0.25) is 5.91 Å². The molecule has 1 N–H and O–H groups in total. The molecule has 2 heterocycles. The second-order valence-corrected chi connectivity index (χ2v) is 8.65. The summed E-state index contributed by atoms with van der Waals surface area (Å²) >= 11 is 8.03. The van der Waals surface area contributed by atoms with Crippen LogP contribution in [0, 0.1) is 0 Å². The van der Waals surface area contributed by atoms with E-state index >= 15 is 0 Å². The van der Waals surface area contributed by atoms with Crippen LogP contribution in [-0.2, 0) is 4.79 Å². The van der Waals surface area contributed by atoms with Crippen LogP contribution in [0.2, 0.25) is 5.02 Å². The average Bonchev–Trinajstić information content (AvgIpc) is 2.78. The topological polar surface area (TPSA) is 48.5 Å². The lowest BCUT2D eigenvalue weighted by atomic mass is 10.2. The lowest BCUT2D eigenvalue weighted by Crippen LogP contribution is -2.46. The molecular weight excluding hydrogens is 416 g/mol. The molecule has 156 valence electrons. The van der Waals surface area contributed by atoms with Crippen molar-refractivity contribution in [3.63, 3.8) is 0 Å². The van der Waals surface area contributed by atoms with E-state index in [1.165, 1.54) is 11.8 Å². The number of pyridine rings is 1. The number of amides is 1. The normalized spacial score (nSPS) is 14.8. The molecule has 0 radical (unpaired) electrons. The molecule has 1 aromatic heterocycles. The maximum absolute atomic E-state index is 12.7. The number of anilines is 2. The van der Waals surface area contributed by atoms with Crippen LogP contribution in [0.4, 0.5) is 11.4 Å². The van der Waals surface area contributed by atoms with Gasteiger partial charge in [-0.3, -0.25) is 9.78 Å². The van der Waals surface area contributed by atoms with Crippen molar-refractivity contribution >= 4 is 51.5 Å². The van der Waals surface area contributed by atoms with E-state index in [2.05, 4.69) is 27.0 Å². The first-order valence-corrected chi connectivity index (χ1v) is 11.5. The van der Waals surface area contributed by atoms with E-state index in [9.17, 15) is 4.79 Å². The Balaban J connectivity index is 1.45. The predicted octanol–water partition coefficient (Wildman–Crippen LogP) is 4.76. The Morgan fingerprint density at radius 1 is 1.10 bits per heavy atom. The molecule has 0 bridgehead atoms. The Morgan fingerprint density at radius 3 is 2.67 bits per heavy atom. The number of rotatable bonds is 6. The molecule has 30 heavy (non-hydrogen) atoms. The molecule has 0 atom stereocenters. The van der Waals surface area contributed by atoms with Gasteiger partial charge in [-0.15, -0.1) is 11.8 Å². The molecular formula is C23H25ClN4OS. The first kappa shape index (κ1) is 21.0. The summed E-state index contributed by atoms with van der Waals surface area (Å²) in [5.74, 6) is 0.259. The second kappa shape index (κ2) is 9.69. The Bertz CT molecular complexity index is 1030. The van der Waals surface area contributed by atoms with Crippen LogP contribution in [0.15, 0.2) is 59.6 Å². The van der Waals surface area contributed by atoms with E-state index in [0.29, 0.717) is 10.8 Å². The van der Waals surface area contributed by atoms with Gasteiger partial charge in [0.05, 0.1) is 27.7 Å². The summed E-state index contributed by atoms with van der Waals surface area (Å²) < 4.78 is 0. The fourth-order valence-electron chi connectivity index (χ4n) is 3.75. The van der Waals surface area contributed by atoms with Crippen LogP contribution in [0.1, 0.15) is 6.92 Å². The lowest BCUT2D eigenvalue weighted by molar-refractivity contribution is -0.113. The van der Waals surface area contributed by atoms with Crippen molar-refractivity contribution in [2.24, 2.45) is 0 Å². The maximum atomic E-state index is 12.7. The van der Waals surface area contributed by atoms with Crippen molar-refractivity contribution in [2.45, 2.75) is 11.8 Å². The summed E-state index contributed by atoms with van der Waals surface area (Å²) in [5.41, 5.74) is 2.62. The molecule has 0 spiro atoms. The molecule has 0 unspecified atom stereocenters. The summed E-state index contributed by atoms with van der Waals surface area (Å²) in [6.45, 7) is 7.03. The van der Waals surface area contributed by atoms with Crippen molar-refractivity contribution in [3.05, 3.63) is 59.8 Å². The van der Waals surface area contributed by atoms with Gasteiger partial charge in [-0.1, -0.05) is 42.8 Å². The first-order valence-electron chi connectivity index (χ1n) is 10.2. The third-order valence-corrected chi connectivity index (χ3v) is 6.70. The number of likely N-dealkylation sites (N-methyl/N-ethyl adjacent to an activating group) is 1. The smallest absolute Gasteiger partial charge is 0.234 e. The van der Waals surface area contributed by atoms with E-state index in [4.69, 9.17) is 11.6 Å². The zero-order valence-electron chi connectivity index (χ0n) is 17.0. The van der Waals surface area contributed by atoms with Crippen LogP contribution in [0.5, 0.6) is 0 Å². The fraction of sp³-hybridized carbons (Fsp3) is 0.304. The van der Waals surface area contributed by atoms with Crippen LogP contribution in [0.3, 0.4) is 0 Å². The minimum Gasteiger partial charge on any atom is -0.366 e. The van der Waals surface area contributed by atoms with Crippen LogP contribution in [-0.4, -0.2) is 54.3 Å². The van der Waals surface area contributed by atoms with E-state index in [-0.39, 0.29) is 5.91 Å². The number of hydrogen-bond acceptors (Lipinski definition) is 5. The van der Waals surface area contributed by atoms with Gasteiger partial charge in [0, 0.05) is 42.7 Å². The van der Waals surface area contributed by atoms with Crippen molar-refractivity contribution < 1.29 is 4.79 Å². The van der Waals surface area contributed by atoms with Gasteiger partial charge in [-0.05, 0) is 30.8 Å². The molecule has 4 rings (SSSR count). The standard InChI is InChI=1S/C23H25ClN4OS/c1-2-27-12-14-28(15-13-27)23-18(24)8-4-9-19(23)26-21(29)16-30-20-10-3-6-17-7-5-11-25-22(17)20/h3-11H,2,12-16H2,1H3,(H,26,29). The second-order valence-electron chi connectivity index (χ2n) is 7.23. The minimum absolute atomic E-state index is 0.0522. The number of thioether (sulfide) groups is 1. The number of piperazine rings is 1. The Morgan fingerprint density at radius 2 is 1.87 bits per heavy atom. The van der Waals surface area contributed by atoms with Crippen LogP contribution >= 0.6 is 23.4 Å². The Labute approximate surface area is 186 Å². The largest absolute Gasteiger partial charge is 0.366 e. The predicted molar refractivity (Wildman–Crippen MR) is 127 cm³/mol. The maximum Gasteiger partial charge on any atom is 0.234 e. The molecule has 1 aliphatic heterocycles. The highest BCUT2D eigenvalue weighted by molar-refractivity contribution is 8.00. The third kappa shape index (κ3) is 4.72. The number of carbonyl (C=O) groups is 1. The number of nitrogens with zero attached hydrogens (tertiary/aromatic N) is 3. The number of carbonyl (C=O) groups excluding carboxylic acids is 1. The summed E-state index contributed by atoms with van der Waals surface area (Å²) in [7, 11) is 0. The van der Waals surface area contributed by atoms with E-state index < -0.39 is 0 Å². The molecule has 5 nitrogen and oxygen atoms in total. The summed E-state index contributed by atoms with van der Waals surface area (Å²) in [4.78, 5) is 22.9. The van der Waals surface area contributed by atoms with Gasteiger partial charge in [0.15, 0.2) is 0 Å². The lowest BCUT2D eigenvalue weighted by Gasteiger charge is -2.36. The number of benzene rings is 2. The molecule has 0 saturated carbocycles. The molecule has 1 saturated heterocycles. The molecule has 1 aliphatic rings. The number of nitrogens with one attached hydrogen (secondary N) is 1. The van der Waals surface area contributed by atoms with Gasteiger partial charge in [-0.2, -0.15) is 0 Å².